The van der Waals surface area contributed by atoms with Gasteiger partial charge in [-0.15, -0.1) is 0 Å². The molecule has 2 heterocycles. The van der Waals surface area contributed by atoms with Gasteiger partial charge < -0.3 is 5.73 Å². The maximum Gasteiger partial charge on any atom is 0.244 e. The second-order valence-electron chi connectivity index (χ2n) is 6.22. The molecule has 0 aliphatic heterocycles. The first-order valence-electron chi connectivity index (χ1n) is 8.47. The van der Waals surface area contributed by atoms with Gasteiger partial charge in [0.1, 0.15) is 4.90 Å². The molecule has 0 unspecified atom stereocenters. The molecule has 26 heavy (non-hydrogen) atoms. The normalized spacial score (nSPS) is 12.2. The first kappa shape index (κ1) is 18.5. The van der Waals surface area contributed by atoms with Crippen molar-refractivity contribution in [2.75, 3.05) is 13.1 Å². The van der Waals surface area contributed by atoms with Crippen LogP contribution in [0.1, 0.15) is 17.7 Å². The molecule has 2 N–H and O–H groups in total. The van der Waals surface area contributed by atoms with Crippen LogP contribution in [-0.2, 0) is 23.6 Å². The minimum atomic E-state index is -3.69. The summed E-state index contributed by atoms with van der Waals surface area (Å²) in [5, 5.41) is 5.05. The molecule has 0 saturated heterocycles. The number of fused-ring (bicyclic) bond motifs is 1. The first-order valence-corrected chi connectivity index (χ1v) is 9.91. The summed E-state index contributed by atoms with van der Waals surface area (Å²) < 4.78 is 29.6. The molecule has 7 nitrogen and oxygen atoms in total. The Hall–Kier alpha value is -2.29. The van der Waals surface area contributed by atoms with E-state index in [2.05, 4.69) is 10.1 Å². The van der Waals surface area contributed by atoms with E-state index in [9.17, 15) is 8.42 Å². The Balaban J connectivity index is 1.99. The van der Waals surface area contributed by atoms with Crippen molar-refractivity contribution in [2.45, 2.75) is 24.8 Å². The third-order valence-electron chi connectivity index (χ3n) is 4.29. The third-order valence-corrected chi connectivity index (χ3v) is 6.10. The molecule has 1 aromatic carbocycles. The van der Waals surface area contributed by atoms with Gasteiger partial charge in [0, 0.05) is 31.7 Å². The van der Waals surface area contributed by atoms with Crippen LogP contribution in [-0.4, -0.2) is 40.6 Å². The van der Waals surface area contributed by atoms with Crippen LogP contribution in [0.25, 0.3) is 11.0 Å². The quantitative estimate of drug-likeness (QED) is 0.682. The van der Waals surface area contributed by atoms with Crippen molar-refractivity contribution in [2.24, 2.45) is 12.8 Å². The van der Waals surface area contributed by atoms with Gasteiger partial charge >= 0.3 is 0 Å². The van der Waals surface area contributed by atoms with E-state index in [1.807, 2.05) is 37.3 Å². The van der Waals surface area contributed by atoms with Crippen LogP contribution in [0, 0.1) is 6.92 Å². The molecule has 0 saturated carbocycles. The number of nitrogens with two attached hydrogens (primary N) is 1. The topological polar surface area (TPSA) is 94.1 Å². The Kier molecular flexibility index (Phi) is 5.36. The lowest BCUT2D eigenvalue weighted by Gasteiger charge is -2.22. The smallest absolute Gasteiger partial charge is 0.244 e. The van der Waals surface area contributed by atoms with E-state index in [-0.39, 0.29) is 4.90 Å². The predicted molar refractivity (Wildman–Crippen MR) is 101 cm³/mol. The van der Waals surface area contributed by atoms with Crippen LogP contribution in [0.5, 0.6) is 0 Å². The SMILES string of the molecule is Cc1nn(C)c2ncc(S(=O)(=O)N(CCCN)Cc3ccccc3)cc12. The summed E-state index contributed by atoms with van der Waals surface area (Å²) in [4.78, 5) is 4.48. The summed E-state index contributed by atoms with van der Waals surface area (Å²) in [5.74, 6) is 0. The van der Waals surface area contributed by atoms with Gasteiger partial charge in [0.2, 0.25) is 10.0 Å². The Morgan fingerprint density at radius 2 is 1.96 bits per heavy atom. The lowest BCUT2D eigenvalue weighted by atomic mass is 10.2. The van der Waals surface area contributed by atoms with Gasteiger partial charge in [0.25, 0.3) is 0 Å². The molecule has 3 rings (SSSR count). The van der Waals surface area contributed by atoms with E-state index in [0.29, 0.717) is 31.7 Å². The molecule has 0 fully saturated rings. The highest BCUT2D eigenvalue weighted by atomic mass is 32.2. The first-order chi connectivity index (χ1) is 12.4. The Labute approximate surface area is 153 Å². The summed E-state index contributed by atoms with van der Waals surface area (Å²) >= 11 is 0. The van der Waals surface area contributed by atoms with Gasteiger partial charge in [-0.25, -0.2) is 13.4 Å². The number of aryl methyl sites for hydroxylation is 2. The van der Waals surface area contributed by atoms with Crippen molar-refractivity contribution in [3.8, 4) is 0 Å². The number of aromatic nitrogens is 3. The van der Waals surface area contributed by atoms with E-state index < -0.39 is 10.0 Å². The minimum Gasteiger partial charge on any atom is -0.330 e. The number of rotatable bonds is 7. The molecule has 2 aromatic heterocycles. The van der Waals surface area contributed by atoms with Crippen LogP contribution in [0.4, 0.5) is 0 Å². The highest BCUT2D eigenvalue weighted by molar-refractivity contribution is 7.89. The number of hydrogen-bond acceptors (Lipinski definition) is 5. The number of pyridine rings is 1. The van der Waals surface area contributed by atoms with Gasteiger partial charge in [0.05, 0.1) is 5.69 Å². The predicted octanol–water partition coefficient (Wildman–Crippen LogP) is 1.82. The van der Waals surface area contributed by atoms with Crippen LogP contribution in [0.3, 0.4) is 0 Å². The van der Waals surface area contributed by atoms with E-state index in [4.69, 9.17) is 5.73 Å². The summed E-state index contributed by atoms with van der Waals surface area (Å²) in [5.41, 5.74) is 7.95. The lowest BCUT2D eigenvalue weighted by molar-refractivity contribution is 0.401. The van der Waals surface area contributed by atoms with Crippen LogP contribution >= 0.6 is 0 Å². The highest BCUT2D eigenvalue weighted by Gasteiger charge is 2.25. The van der Waals surface area contributed by atoms with Gasteiger partial charge in [-0.1, -0.05) is 30.3 Å². The van der Waals surface area contributed by atoms with Gasteiger partial charge in [-0.2, -0.15) is 9.40 Å². The van der Waals surface area contributed by atoms with Crippen molar-refractivity contribution in [1.29, 1.82) is 0 Å². The number of sulfonamides is 1. The Morgan fingerprint density at radius 1 is 1.23 bits per heavy atom. The maximum atomic E-state index is 13.2. The molecule has 0 amide bonds. The summed E-state index contributed by atoms with van der Waals surface area (Å²) in [7, 11) is -1.90. The Morgan fingerprint density at radius 3 is 2.65 bits per heavy atom. The van der Waals surface area contributed by atoms with Crippen molar-refractivity contribution in [3.63, 3.8) is 0 Å². The van der Waals surface area contributed by atoms with Crippen LogP contribution < -0.4 is 5.73 Å². The molecule has 0 atom stereocenters. The Bertz CT molecular complexity index is 999. The number of nitrogens with zero attached hydrogens (tertiary/aromatic N) is 4. The zero-order chi connectivity index (χ0) is 18.7. The maximum absolute atomic E-state index is 13.2. The average Bonchev–Trinajstić information content (AvgIpc) is 2.93. The number of hydrogen-bond donors (Lipinski definition) is 1. The number of benzene rings is 1. The lowest BCUT2D eigenvalue weighted by Crippen LogP contribution is -2.32. The van der Waals surface area contributed by atoms with Crippen molar-refractivity contribution in [1.82, 2.24) is 19.1 Å². The molecular weight excluding hydrogens is 350 g/mol. The third kappa shape index (κ3) is 3.62. The van der Waals surface area contributed by atoms with Gasteiger partial charge in [0.15, 0.2) is 5.65 Å². The molecule has 8 heteroatoms. The standard InChI is InChI=1S/C18H23N5O2S/c1-14-17-11-16(12-20-18(17)22(2)21-14)26(24,25)23(10-6-9-19)13-15-7-4-3-5-8-15/h3-5,7-8,11-12H,6,9-10,13,19H2,1-2H3. The monoisotopic (exact) mass is 373 g/mol. The zero-order valence-corrected chi connectivity index (χ0v) is 15.8. The summed E-state index contributed by atoms with van der Waals surface area (Å²) in [6.45, 7) is 2.93. The van der Waals surface area contributed by atoms with Crippen LogP contribution in [0.2, 0.25) is 0 Å². The van der Waals surface area contributed by atoms with E-state index >= 15 is 0 Å². The summed E-state index contributed by atoms with van der Waals surface area (Å²) in [6, 6.07) is 11.2. The fourth-order valence-electron chi connectivity index (χ4n) is 2.92. The average molecular weight is 373 g/mol. The molecular formula is C18H23N5O2S. The zero-order valence-electron chi connectivity index (χ0n) is 15.0. The molecule has 3 aromatic rings. The fraction of sp³-hybridized carbons (Fsp3) is 0.333. The minimum absolute atomic E-state index is 0.175. The van der Waals surface area contributed by atoms with Crippen molar-refractivity contribution in [3.05, 3.63) is 53.9 Å². The van der Waals surface area contributed by atoms with Crippen molar-refractivity contribution < 1.29 is 8.42 Å². The summed E-state index contributed by atoms with van der Waals surface area (Å²) in [6.07, 6.45) is 1.99. The second-order valence-corrected chi connectivity index (χ2v) is 8.16. The van der Waals surface area contributed by atoms with E-state index in [1.54, 1.807) is 17.8 Å². The molecule has 0 aliphatic rings. The molecule has 0 radical (unpaired) electrons. The van der Waals surface area contributed by atoms with Gasteiger partial charge in [-0.05, 0) is 31.5 Å². The second kappa shape index (κ2) is 7.53. The molecule has 0 bridgehead atoms. The van der Waals surface area contributed by atoms with Crippen molar-refractivity contribution >= 4 is 21.1 Å². The fourth-order valence-corrected chi connectivity index (χ4v) is 4.36. The van der Waals surface area contributed by atoms with E-state index in [1.165, 1.54) is 10.5 Å². The molecule has 0 aliphatic carbocycles. The highest BCUT2D eigenvalue weighted by Crippen LogP contribution is 2.23. The van der Waals surface area contributed by atoms with Crippen LogP contribution in [0.15, 0.2) is 47.5 Å². The largest absolute Gasteiger partial charge is 0.330 e. The van der Waals surface area contributed by atoms with Gasteiger partial charge in [-0.3, -0.25) is 4.68 Å². The molecule has 0 spiro atoms. The molecule has 138 valence electrons. The van der Waals surface area contributed by atoms with E-state index in [0.717, 1.165) is 16.6 Å².